The lowest BCUT2D eigenvalue weighted by Gasteiger charge is -2.28. The van der Waals surface area contributed by atoms with Crippen LogP contribution in [0, 0.1) is 6.92 Å². The molecule has 184 valence electrons. The Kier molecular flexibility index (Phi) is 8.15. The number of nitrogens with zero attached hydrogens (tertiary/aromatic N) is 2. The Hall–Kier alpha value is -2.82. The van der Waals surface area contributed by atoms with Crippen molar-refractivity contribution in [1.29, 1.82) is 0 Å². The number of aryl methyl sites for hydroxylation is 1. The van der Waals surface area contributed by atoms with E-state index in [-0.39, 0.29) is 17.4 Å². The van der Waals surface area contributed by atoms with Gasteiger partial charge in [0.15, 0.2) is 11.5 Å². The number of halogens is 1. The zero-order valence-corrected chi connectivity index (χ0v) is 21.8. The number of carbonyl (C=O) groups is 3. The van der Waals surface area contributed by atoms with Crippen LogP contribution in [0.3, 0.4) is 0 Å². The molecule has 0 aromatic heterocycles. The molecular weight excluding hydrogens is 536 g/mol. The first-order valence-corrected chi connectivity index (χ1v) is 12.6. The number of carbonyl (C=O) groups excluding carboxylic acids is 3. The van der Waals surface area contributed by atoms with E-state index in [2.05, 4.69) is 22.0 Å². The molecule has 0 atom stereocenters. The van der Waals surface area contributed by atoms with Gasteiger partial charge in [-0.25, -0.2) is 0 Å². The molecule has 2 saturated heterocycles. The number of hydrogen-bond acceptors (Lipinski definition) is 7. The smallest absolute Gasteiger partial charge is 0.294 e. The highest BCUT2D eigenvalue weighted by molar-refractivity contribution is 9.10. The largest absolute Gasteiger partial charge is 0.493 e. The van der Waals surface area contributed by atoms with Gasteiger partial charge < -0.3 is 19.1 Å². The molecule has 0 bridgehead atoms. The normalized spacial score (nSPS) is 17.3. The number of imide groups is 1. The average molecular weight is 561 g/mol. The van der Waals surface area contributed by atoms with E-state index >= 15 is 0 Å². The fraction of sp³-hybridized carbons (Fsp3) is 0.320. The quantitative estimate of drug-likeness (QED) is 0.468. The molecule has 0 saturated carbocycles. The van der Waals surface area contributed by atoms with E-state index in [0.717, 1.165) is 27.8 Å². The molecule has 35 heavy (non-hydrogen) atoms. The van der Waals surface area contributed by atoms with E-state index < -0.39 is 11.1 Å². The highest BCUT2D eigenvalue weighted by atomic mass is 79.9. The maximum atomic E-state index is 12.9. The molecule has 0 aliphatic carbocycles. The zero-order valence-electron chi connectivity index (χ0n) is 19.4. The summed E-state index contributed by atoms with van der Waals surface area (Å²) in [6.45, 7) is 3.93. The lowest BCUT2D eigenvalue weighted by atomic mass is 10.1. The highest BCUT2D eigenvalue weighted by Crippen LogP contribution is 2.39. The van der Waals surface area contributed by atoms with E-state index in [1.54, 1.807) is 23.1 Å². The molecule has 3 amide bonds. The van der Waals surface area contributed by atoms with Crippen LogP contribution in [0.2, 0.25) is 0 Å². The van der Waals surface area contributed by atoms with Gasteiger partial charge in [-0.2, -0.15) is 0 Å². The third-order valence-corrected chi connectivity index (χ3v) is 7.04. The highest BCUT2D eigenvalue weighted by Gasteiger charge is 2.37. The summed E-state index contributed by atoms with van der Waals surface area (Å²) in [6.07, 6.45) is 1.61. The Morgan fingerprint density at radius 3 is 2.69 bits per heavy atom. The van der Waals surface area contributed by atoms with Crippen molar-refractivity contribution >= 4 is 50.8 Å². The minimum absolute atomic E-state index is 0.243. The van der Waals surface area contributed by atoms with Crippen LogP contribution in [0.25, 0.3) is 6.08 Å². The van der Waals surface area contributed by atoms with Crippen LogP contribution in [-0.4, -0.2) is 66.8 Å². The maximum Gasteiger partial charge on any atom is 0.294 e. The minimum atomic E-state index is -0.489. The van der Waals surface area contributed by atoms with Crippen molar-refractivity contribution in [2.24, 2.45) is 0 Å². The van der Waals surface area contributed by atoms with Gasteiger partial charge in [0, 0.05) is 13.1 Å². The van der Waals surface area contributed by atoms with Crippen LogP contribution in [0.5, 0.6) is 11.5 Å². The van der Waals surface area contributed by atoms with E-state index in [4.69, 9.17) is 14.2 Å². The van der Waals surface area contributed by atoms with Crippen LogP contribution in [0.4, 0.5) is 4.79 Å². The number of benzene rings is 2. The Morgan fingerprint density at radius 1 is 1.20 bits per heavy atom. The molecule has 2 heterocycles. The minimum Gasteiger partial charge on any atom is -0.493 e. The van der Waals surface area contributed by atoms with Crippen molar-refractivity contribution in [2.45, 2.75) is 13.5 Å². The maximum absolute atomic E-state index is 12.9. The summed E-state index contributed by atoms with van der Waals surface area (Å²) >= 11 is 4.34. The van der Waals surface area contributed by atoms with E-state index in [1.165, 1.54) is 7.11 Å². The monoisotopic (exact) mass is 560 g/mol. The number of hydrogen-bond donors (Lipinski definition) is 0. The summed E-state index contributed by atoms with van der Waals surface area (Å²) < 4.78 is 17.4. The summed E-state index contributed by atoms with van der Waals surface area (Å²) in [5, 5.41) is -0.466. The second kappa shape index (κ2) is 11.3. The number of morpholine rings is 1. The number of ether oxygens (including phenoxy) is 3. The lowest BCUT2D eigenvalue weighted by molar-refractivity contribution is -0.139. The van der Waals surface area contributed by atoms with Gasteiger partial charge in [-0.15, -0.1) is 0 Å². The topological polar surface area (TPSA) is 85.4 Å². The predicted octanol–water partition coefficient (Wildman–Crippen LogP) is 4.24. The van der Waals surface area contributed by atoms with Gasteiger partial charge in [-0.1, -0.05) is 29.8 Å². The third kappa shape index (κ3) is 6.06. The number of rotatable bonds is 7. The van der Waals surface area contributed by atoms with Crippen LogP contribution in [-0.2, 0) is 20.9 Å². The van der Waals surface area contributed by atoms with E-state index in [0.29, 0.717) is 54.4 Å². The SMILES string of the molecule is COc1cc(/C=C2/SC(=O)N(CC(=O)N3CCOCC3)C2=O)cc(Br)c1OCc1cccc(C)c1. The van der Waals surface area contributed by atoms with Gasteiger partial charge in [0.05, 0.1) is 29.7 Å². The first-order valence-electron chi connectivity index (χ1n) is 11.0. The second-order valence-electron chi connectivity index (χ2n) is 8.07. The van der Waals surface area contributed by atoms with E-state index in [1.807, 2.05) is 25.1 Å². The molecule has 2 aliphatic heterocycles. The van der Waals surface area contributed by atoms with E-state index in [9.17, 15) is 14.4 Å². The molecule has 2 aliphatic rings. The average Bonchev–Trinajstić information content (AvgIpc) is 3.10. The first kappa shape index (κ1) is 25.3. The molecule has 0 spiro atoms. The molecule has 0 radical (unpaired) electrons. The summed E-state index contributed by atoms with van der Waals surface area (Å²) in [6, 6.07) is 11.6. The van der Waals surface area contributed by atoms with Crippen molar-refractivity contribution in [1.82, 2.24) is 9.80 Å². The number of amides is 3. The van der Waals surface area contributed by atoms with Crippen molar-refractivity contribution in [2.75, 3.05) is 40.0 Å². The van der Waals surface area contributed by atoms with Crippen molar-refractivity contribution in [3.8, 4) is 11.5 Å². The third-order valence-electron chi connectivity index (χ3n) is 5.55. The fourth-order valence-electron chi connectivity index (χ4n) is 3.76. The number of thioether (sulfide) groups is 1. The molecule has 2 fully saturated rings. The molecule has 2 aromatic carbocycles. The van der Waals surface area contributed by atoms with Crippen LogP contribution >= 0.6 is 27.7 Å². The number of methoxy groups -OCH3 is 1. The van der Waals surface area contributed by atoms with Crippen molar-refractivity contribution in [3.63, 3.8) is 0 Å². The predicted molar refractivity (Wildman–Crippen MR) is 136 cm³/mol. The summed E-state index contributed by atoms with van der Waals surface area (Å²) in [7, 11) is 1.54. The molecule has 2 aromatic rings. The molecule has 0 N–H and O–H groups in total. The van der Waals surface area contributed by atoms with Gasteiger partial charge in [0.25, 0.3) is 11.1 Å². The Morgan fingerprint density at radius 2 is 1.97 bits per heavy atom. The Bertz CT molecular complexity index is 1180. The van der Waals surface area contributed by atoms with Crippen LogP contribution in [0.15, 0.2) is 45.8 Å². The molecule has 8 nitrogen and oxygen atoms in total. The fourth-order valence-corrected chi connectivity index (χ4v) is 5.17. The zero-order chi connectivity index (χ0) is 24.9. The van der Waals surface area contributed by atoms with Crippen molar-refractivity contribution < 1.29 is 28.6 Å². The molecule has 4 rings (SSSR count). The summed E-state index contributed by atoms with van der Waals surface area (Å²) in [4.78, 5) is 40.7. The molecular formula is C25H25BrN2O6S. The molecule has 0 unspecified atom stereocenters. The summed E-state index contributed by atoms with van der Waals surface area (Å²) in [5.74, 6) is 0.267. The second-order valence-corrected chi connectivity index (χ2v) is 9.92. The lowest BCUT2D eigenvalue weighted by Crippen LogP contribution is -2.46. The Labute approximate surface area is 216 Å². The van der Waals surface area contributed by atoms with Gasteiger partial charge in [-0.05, 0) is 64.0 Å². The van der Waals surface area contributed by atoms with Crippen LogP contribution in [0.1, 0.15) is 16.7 Å². The van der Waals surface area contributed by atoms with Crippen LogP contribution < -0.4 is 9.47 Å². The summed E-state index contributed by atoms with van der Waals surface area (Å²) in [5.41, 5.74) is 2.83. The Balaban J connectivity index is 1.48. The van der Waals surface area contributed by atoms with Gasteiger partial charge in [0.2, 0.25) is 5.91 Å². The molecule has 10 heteroatoms. The first-order chi connectivity index (χ1) is 16.9. The van der Waals surface area contributed by atoms with Crippen molar-refractivity contribution in [3.05, 3.63) is 62.5 Å². The van der Waals surface area contributed by atoms with Gasteiger partial charge >= 0.3 is 0 Å². The standard InChI is InChI=1S/C25H25BrN2O6S/c1-16-4-3-5-17(10-16)15-34-23-19(26)11-18(12-20(23)32-2)13-21-24(30)28(25(31)35-21)14-22(29)27-6-8-33-9-7-27/h3-5,10-13H,6-9,14-15H2,1-2H3/b21-13+. The van der Waals surface area contributed by atoms with Gasteiger partial charge in [0.1, 0.15) is 13.2 Å². The van der Waals surface area contributed by atoms with Gasteiger partial charge in [-0.3, -0.25) is 19.3 Å².